The summed E-state index contributed by atoms with van der Waals surface area (Å²) in [6, 6.07) is 7.52. The molecule has 1 aliphatic heterocycles. The molecule has 3 rings (SSSR count). The van der Waals surface area contributed by atoms with Crippen molar-refractivity contribution in [2.75, 3.05) is 11.9 Å². The van der Waals surface area contributed by atoms with Crippen molar-refractivity contribution in [1.29, 1.82) is 5.26 Å². The van der Waals surface area contributed by atoms with Crippen LogP contribution >= 0.6 is 11.3 Å². The second-order valence-corrected chi connectivity index (χ2v) is 9.98. The highest BCUT2D eigenvalue weighted by Crippen LogP contribution is 2.44. The molecule has 2 heterocycles. The summed E-state index contributed by atoms with van der Waals surface area (Å²) in [6.45, 7) is 11.8. The molecule has 0 saturated carbocycles. The van der Waals surface area contributed by atoms with Crippen LogP contribution in [0.3, 0.4) is 0 Å². The number of nitrogens with one attached hydrogen (secondary N) is 2. The number of benzene rings is 1. The first kappa shape index (κ1) is 22.0. The van der Waals surface area contributed by atoms with Crippen LogP contribution in [0.25, 0.3) is 0 Å². The highest BCUT2D eigenvalue weighted by atomic mass is 32.1. The lowest BCUT2D eigenvalue weighted by atomic mass is 9.81. The number of esters is 1. The van der Waals surface area contributed by atoms with Gasteiger partial charge in [0.2, 0.25) is 0 Å². The van der Waals surface area contributed by atoms with Crippen LogP contribution in [0.5, 0.6) is 0 Å². The fourth-order valence-electron chi connectivity index (χ4n) is 3.98. The number of nitrogens with zero attached hydrogens (tertiary/aromatic N) is 1. The van der Waals surface area contributed by atoms with Crippen LogP contribution in [-0.2, 0) is 21.5 Å². The Labute approximate surface area is 181 Å². The number of nitriles is 1. The molecule has 1 aromatic heterocycles. The third kappa shape index (κ3) is 4.40. The molecule has 0 spiro atoms. The van der Waals surface area contributed by atoms with Crippen LogP contribution in [0.1, 0.15) is 65.2 Å². The maximum atomic E-state index is 12.4. The number of carbonyl (C=O) groups is 2. The lowest BCUT2D eigenvalue weighted by Gasteiger charge is -2.42. The first-order valence-electron chi connectivity index (χ1n) is 9.83. The Morgan fingerprint density at radius 3 is 2.57 bits per heavy atom. The molecule has 0 fully saturated rings. The van der Waals surface area contributed by atoms with Gasteiger partial charge in [-0.3, -0.25) is 4.79 Å². The van der Waals surface area contributed by atoms with Gasteiger partial charge in [0.15, 0.2) is 6.61 Å². The summed E-state index contributed by atoms with van der Waals surface area (Å²) in [5.74, 6) is -1.02. The van der Waals surface area contributed by atoms with Gasteiger partial charge >= 0.3 is 5.97 Å². The van der Waals surface area contributed by atoms with E-state index in [1.54, 1.807) is 12.1 Å². The van der Waals surface area contributed by atoms with Gasteiger partial charge in [-0.15, -0.1) is 11.3 Å². The van der Waals surface area contributed by atoms with Crippen LogP contribution in [0.2, 0.25) is 0 Å². The number of aryl methyl sites for hydroxylation is 2. The van der Waals surface area contributed by atoms with Gasteiger partial charge in [-0.05, 0) is 76.8 Å². The van der Waals surface area contributed by atoms with E-state index in [2.05, 4.69) is 44.4 Å². The van der Waals surface area contributed by atoms with Gasteiger partial charge in [-0.1, -0.05) is 6.07 Å². The molecule has 6 nitrogen and oxygen atoms in total. The average Bonchev–Trinajstić information content (AvgIpc) is 2.98. The van der Waals surface area contributed by atoms with Crippen molar-refractivity contribution in [3.05, 3.63) is 50.9 Å². The van der Waals surface area contributed by atoms with Crippen LogP contribution < -0.4 is 10.6 Å². The molecule has 0 aliphatic carbocycles. The van der Waals surface area contributed by atoms with Crippen molar-refractivity contribution in [1.82, 2.24) is 5.32 Å². The van der Waals surface area contributed by atoms with Gasteiger partial charge in [0, 0.05) is 16.0 Å². The van der Waals surface area contributed by atoms with Gasteiger partial charge in [0.05, 0.1) is 11.1 Å². The third-order valence-corrected chi connectivity index (χ3v) is 6.76. The molecule has 158 valence electrons. The third-order valence-electron chi connectivity index (χ3n) is 5.29. The smallest absolute Gasteiger partial charge is 0.338 e. The predicted octanol–water partition coefficient (Wildman–Crippen LogP) is 4.19. The van der Waals surface area contributed by atoms with Crippen molar-refractivity contribution in [3.63, 3.8) is 0 Å². The fraction of sp³-hybridized carbons (Fsp3) is 0.435. The standard InChI is InChI=1S/C23H27N3O3S/c1-13-7-8-15(9-14(13)2)21(28)29-12-18(27)25-20-17(11-24)16-10-22(3,4)26-23(5,6)19(16)30-20/h7-9,26H,10,12H2,1-6H3,(H,25,27). The summed E-state index contributed by atoms with van der Waals surface area (Å²) in [7, 11) is 0. The lowest BCUT2D eigenvalue weighted by molar-refractivity contribution is -0.119. The number of rotatable bonds is 4. The Hall–Kier alpha value is -2.69. The van der Waals surface area contributed by atoms with Crippen LogP contribution in [0.4, 0.5) is 5.00 Å². The maximum absolute atomic E-state index is 12.4. The van der Waals surface area contributed by atoms with E-state index in [9.17, 15) is 14.9 Å². The van der Waals surface area contributed by atoms with Gasteiger partial charge in [-0.2, -0.15) is 5.26 Å². The number of thiophene rings is 1. The van der Waals surface area contributed by atoms with E-state index in [-0.39, 0.29) is 11.1 Å². The summed E-state index contributed by atoms with van der Waals surface area (Å²) in [4.78, 5) is 25.7. The number of hydrogen-bond donors (Lipinski definition) is 2. The highest BCUT2D eigenvalue weighted by Gasteiger charge is 2.40. The molecule has 2 aromatic rings. The Bertz CT molecular complexity index is 1060. The number of fused-ring (bicyclic) bond motifs is 1. The van der Waals surface area contributed by atoms with E-state index < -0.39 is 18.5 Å². The summed E-state index contributed by atoms with van der Waals surface area (Å²) >= 11 is 1.40. The van der Waals surface area contributed by atoms with Gasteiger partial charge in [-0.25, -0.2) is 4.79 Å². The van der Waals surface area contributed by atoms with E-state index in [1.807, 2.05) is 19.9 Å². The SMILES string of the molecule is Cc1ccc(C(=O)OCC(=O)Nc2sc3c(c2C#N)CC(C)(C)NC3(C)C)cc1C. The summed E-state index contributed by atoms with van der Waals surface area (Å²) < 4.78 is 5.16. The summed E-state index contributed by atoms with van der Waals surface area (Å²) in [5, 5.41) is 16.6. The minimum Gasteiger partial charge on any atom is -0.452 e. The summed E-state index contributed by atoms with van der Waals surface area (Å²) in [6.07, 6.45) is 0.697. The van der Waals surface area contributed by atoms with E-state index in [1.165, 1.54) is 11.3 Å². The zero-order valence-electron chi connectivity index (χ0n) is 18.2. The zero-order valence-corrected chi connectivity index (χ0v) is 19.0. The van der Waals surface area contributed by atoms with Crippen LogP contribution in [0, 0.1) is 25.2 Å². The maximum Gasteiger partial charge on any atom is 0.338 e. The molecule has 0 radical (unpaired) electrons. The molecule has 1 aromatic carbocycles. The Balaban J connectivity index is 1.73. The first-order chi connectivity index (χ1) is 13.9. The number of amides is 1. The van der Waals surface area contributed by atoms with Crippen molar-refractivity contribution in [2.24, 2.45) is 0 Å². The van der Waals surface area contributed by atoms with E-state index in [0.29, 0.717) is 22.5 Å². The van der Waals surface area contributed by atoms with Gasteiger partial charge in [0.1, 0.15) is 11.1 Å². The molecule has 30 heavy (non-hydrogen) atoms. The van der Waals surface area contributed by atoms with Gasteiger partial charge in [0.25, 0.3) is 5.91 Å². The zero-order chi connectivity index (χ0) is 22.3. The molecule has 0 saturated heterocycles. The number of anilines is 1. The Morgan fingerprint density at radius 1 is 1.23 bits per heavy atom. The lowest BCUT2D eigenvalue weighted by Crippen LogP contribution is -2.54. The minimum absolute atomic E-state index is 0.161. The van der Waals surface area contributed by atoms with Gasteiger partial charge < -0.3 is 15.4 Å². The van der Waals surface area contributed by atoms with E-state index >= 15 is 0 Å². The number of carbonyl (C=O) groups excluding carboxylic acids is 2. The van der Waals surface area contributed by atoms with Crippen molar-refractivity contribution >= 4 is 28.2 Å². The molecule has 7 heteroatoms. The molecule has 0 atom stereocenters. The Morgan fingerprint density at radius 2 is 1.93 bits per heavy atom. The second kappa shape index (κ2) is 7.86. The molecule has 0 unspecified atom stereocenters. The largest absolute Gasteiger partial charge is 0.452 e. The normalized spacial score (nSPS) is 16.3. The monoisotopic (exact) mass is 425 g/mol. The quantitative estimate of drug-likeness (QED) is 0.717. The average molecular weight is 426 g/mol. The highest BCUT2D eigenvalue weighted by molar-refractivity contribution is 7.17. The molecule has 1 amide bonds. The van der Waals surface area contributed by atoms with E-state index in [4.69, 9.17) is 4.74 Å². The first-order valence-corrected chi connectivity index (χ1v) is 10.6. The van der Waals surface area contributed by atoms with Crippen molar-refractivity contribution in [3.8, 4) is 6.07 Å². The van der Waals surface area contributed by atoms with Crippen LogP contribution in [-0.4, -0.2) is 24.0 Å². The fourth-order valence-corrected chi connectivity index (χ4v) is 5.22. The Kier molecular flexibility index (Phi) is 5.76. The second-order valence-electron chi connectivity index (χ2n) is 8.96. The van der Waals surface area contributed by atoms with Crippen molar-refractivity contribution < 1.29 is 14.3 Å². The molecule has 1 aliphatic rings. The number of hydrogen-bond acceptors (Lipinski definition) is 6. The van der Waals surface area contributed by atoms with E-state index in [0.717, 1.165) is 21.6 Å². The van der Waals surface area contributed by atoms with Crippen LogP contribution in [0.15, 0.2) is 18.2 Å². The van der Waals surface area contributed by atoms with Crippen molar-refractivity contribution in [2.45, 2.75) is 59.0 Å². The molecular formula is C23H27N3O3S. The summed E-state index contributed by atoms with van der Waals surface area (Å²) in [5.41, 5.74) is 3.46. The number of ether oxygens (including phenoxy) is 1. The minimum atomic E-state index is -0.550. The topological polar surface area (TPSA) is 91.2 Å². The molecule has 0 bridgehead atoms. The predicted molar refractivity (Wildman–Crippen MR) is 118 cm³/mol. The molecule has 2 N–H and O–H groups in total. The molecular weight excluding hydrogens is 398 g/mol.